The number of sulfonamides is 1. The zero-order chi connectivity index (χ0) is 22.6. The third-order valence-electron chi connectivity index (χ3n) is 4.83. The molecular weight excluding hydrogens is 444 g/mol. The molecule has 3 rings (SSSR count). The number of hydrogen-bond donors (Lipinski definition) is 1. The summed E-state index contributed by atoms with van der Waals surface area (Å²) in [5.74, 6) is -1.24. The maximum atomic E-state index is 13.0. The van der Waals surface area contributed by atoms with Crippen LogP contribution in [-0.2, 0) is 19.6 Å². The van der Waals surface area contributed by atoms with Gasteiger partial charge in [0.05, 0.1) is 12.7 Å². The van der Waals surface area contributed by atoms with Crippen molar-refractivity contribution in [3.63, 3.8) is 0 Å². The average molecular weight is 467 g/mol. The minimum Gasteiger partial charge on any atom is -0.495 e. The number of nitrogens with one attached hydrogen (secondary N) is 1. The van der Waals surface area contributed by atoms with Crippen LogP contribution in [0, 0.1) is 0 Å². The number of nitrogens with zero attached hydrogens (tertiary/aromatic N) is 1. The van der Waals surface area contributed by atoms with Crippen LogP contribution in [-0.4, -0.2) is 50.9 Å². The van der Waals surface area contributed by atoms with Crippen molar-refractivity contribution in [1.82, 2.24) is 4.31 Å². The minimum absolute atomic E-state index is 0.000905. The van der Waals surface area contributed by atoms with Crippen LogP contribution >= 0.6 is 11.6 Å². The molecule has 0 aromatic heterocycles. The lowest BCUT2D eigenvalue weighted by Crippen LogP contribution is -2.30. The number of carbonyl (C=O) groups excluding carboxylic acids is 2. The lowest BCUT2D eigenvalue weighted by atomic mass is 10.2. The van der Waals surface area contributed by atoms with E-state index in [9.17, 15) is 18.0 Å². The van der Waals surface area contributed by atoms with Crippen molar-refractivity contribution in [2.24, 2.45) is 0 Å². The van der Waals surface area contributed by atoms with Gasteiger partial charge in [0.1, 0.15) is 10.6 Å². The number of methoxy groups -OCH3 is 1. The molecule has 1 heterocycles. The molecule has 1 fully saturated rings. The standard InChI is InChI=1S/C21H23ClN2O6S/c1-14(20(25)23-17-7-5-6-16(22)13-17)30-21(26)15-8-9-18(29-2)19(12-15)31(27,28)24-10-3-4-11-24/h5-9,12-14H,3-4,10-11H2,1-2H3,(H,23,25). The van der Waals surface area contributed by atoms with Gasteiger partial charge in [-0.1, -0.05) is 17.7 Å². The highest BCUT2D eigenvalue weighted by molar-refractivity contribution is 7.89. The summed E-state index contributed by atoms with van der Waals surface area (Å²) in [6.45, 7) is 2.25. The second-order valence-electron chi connectivity index (χ2n) is 7.02. The molecule has 1 aliphatic rings. The number of esters is 1. The van der Waals surface area contributed by atoms with Gasteiger partial charge < -0.3 is 14.8 Å². The Balaban J connectivity index is 1.76. The van der Waals surface area contributed by atoms with Gasteiger partial charge >= 0.3 is 5.97 Å². The van der Waals surface area contributed by atoms with Crippen molar-refractivity contribution in [3.05, 3.63) is 53.1 Å². The quantitative estimate of drug-likeness (QED) is 0.628. The number of benzene rings is 2. The van der Waals surface area contributed by atoms with E-state index in [4.69, 9.17) is 21.1 Å². The van der Waals surface area contributed by atoms with Crippen LogP contribution in [0.5, 0.6) is 5.75 Å². The van der Waals surface area contributed by atoms with Crippen LogP contribution in [0.25, 0.3) is 0 Å². The summed E-state index contributed by atoms with van der Waals surface area (Å²) in [5, 5.41) is 3.06. The van der Waals surface area contributed by atoms with Gasteiger partial charge in [-0.25, -0.2) is 13.2 Å². The first-order chi connectivity index (χ1) is 14.7. The molecule has 2 aromatic rings. The Morgan fingerprint density at radius 3 is 2.48 bits per heavy atom. The summed E-state index contributed by atoms with van der Waals surface area (Å²) in [7, 11) is -2.46. The molecule has 8 nitrogen and oxygen atoms in total. The monoisotopic (exact) mass is 466 g/mol. The number of hydrogen-bond acceptors (Lipinski definition) is 6. The highest BCUT2D eigenvalue weighted by Crippen LogP contribution is 2.30. The first kappa shape index (κ1) is 23.1. The Morgan fingerprint density at radius 2 is 1.84 bits per heavy atom. The van der Waals surface area contributed by atoms with Crippen LogP contribution < -0.4 is 10.1 Å². The fraction of sp³-hybridized carbons (Fsp3) is 0.333. The second-order valence-corrected chi connectivity index (χ2v) is 9.37. The maximum absolute atomic E-state index is 13.0. The first-order valence-electron chi connectivity index (χ1n) is 9.68. The molecule has 1 atom stereocenters. The third kappa shape index (κ3) is 5.36. The summed E-state index contributed by atoms with van der Waals surface area (Å²) >= 11 is 5.90. The van der Waals surface area contributed by atoms with Gasteiger partial charge in [-0.3, -0.25) is 4.79 Å². The molecule has 1 aliphatic heterocycles. The highest BCUT2D eigenvalue weighted by atomic mass is 35.5. The maximum Gasteiger partial charge on any atom is 0.338 e. The lowest BCUT2D eigenvalue weighted by molar-refractivity contribution is -0.123. The van der Waals surface area contributed by atoms with E-state index >= 15 is 0 Å². The molecular formula is C21H23ClN2O6S. The number of rotatable bonds is 7. The van der Waals surface area contributed by atoms with Gasteiger partial charge in [0.2, 0.25) is 10.0 Å². The van der Waals surface area contributed by atoms with E-state index in [-0.39, 0.29) is 16.2 Å². The van der Waals surface area contributed by atoms with Crippen molar-refractivity contribution >= 4 is 39.2 Å². The Labute approximate surface area is 186 Å². The number of halogens is 1. The lowest BCUT2D eigenvalue weighted by Gasteiger charge is -2.18. The van der Waals surface area contributed by atoms with Crippen molar-refractivity contribution in [1.29, 1.82) is 0 Å². The van der Waals surface area contributed by atoms with Gasteiger partial charge in [0.25, 0.3) is 5.91 Å². The minimum atomic E-state index is -3.82. The highest BCUT2D eigenvalue weighted by Gasteiger charge is 2.31. The number of anilines is 1. The summed E-state index contributed by atoms with van der Waals surface area (Å²) < 4.78 is 37.7. The number of amides is 1. The van der Waals surface area contributed by atoms with Crippen molar-refractivity contribution in [3.8, 4) is 5.75 Å². The molecule has 1 unspecified atom stereocenters. The third-order valence-corrected chi connectivity index (χ3v) is 6.98. The van der Waals surface area contributed by atoms with Crippen LogP contribution in [0.4, 0.5) is 5.69 Å². The predicted molar refractivity (Wildman–Crippen MR) is 116 cm³/mol. The van der Waals surface area contributed by atoms with E-state index in [1.54, 1.807) is 24.3 Å². The molecule has 0 spiro atoms. The first-order valence-corrected chi connectivity index (χ1v) is 11.5. The molecule has 1 saturated heterocycles. The van der Waals surface area contributed by atoms with E-state index in [2.05, 4.69) is 5.32 Å². The zero-order valence-corrected chi connectivity index (χ0v) is 18.7. The zero-order valence-electron chi connectivity index (χ0n) is 17.1. The van der Waals surface area contributed by atoms with E-state index in [0.717, 1.165) is 12.8 Å². The van der Waals surface area contributed by atoms with E-state index in [1.165, 1.54) is 36.5 Å². The van der Waals surface area contributed by atoms with E-state index in [1.807, 2.05) is 0 Å². The van der Waals surface area contributed by atoms with Crippen LogP contribution in [0.1, 0.15) is 30.1 Å². The fourth-order valence-electron chi connectivity index (χ4n) is 3.17. The molecule has 1 N–H and O–H groups in total. The van der Waals surface area contributed by atoms with Crippen LogP contribution in [0.15, 0.2) is 47.4 Å². The predicted octanol–water partition coefficient (Wildman–Crippen LogP) is 3.32. The molecule has 10 heteroatoms. The van der Waals surface area contributed by atoms with Gasteiger partial charge in [0, 0.05) is 23.8 Å². The summed E-state index contributed by atoms with van der Waals surface area (Å²) in [6, 6.07) is 10.6. The number of ether oxygens (including phenoxy) is 2. The van der Waals surface area contributed by atoms with Gasteiger partial charge in [-0.15, -0.1) is 0 Å². The molecule has 0 aliphatic carbocycles. The molecule has 0 saturated carbocycles. The molecule has 0 bridgehead atoms. The Kier molecular flexibility index (Phi) is 7.19. The molecule has 166 valence electrons. The topological polar surface area (TPSA) is 102 Å². The van der Waals surface area contributed by atoms with Crippen molar-refractivity contribution in [2.45, 2.75) is 30.8 Å². The van der Waals surface area contributed by atoms with Crippen LogP contribution in [0.3, 0.4) is 0 Å². The SMILES string of the molecule is COc1ccc(C(=O)OC(C)C(=O)Nc2cccc(Cl)c2)cc1S(=O)(=O)N1CCCC1. The van der Waals surface area contributed by atoms with Crippen LogP contribution in [0.2, 0.25) is 5.02 Å². The van der Waals surface area contributed by atoms with E-state index < -0.39 is 28.0 Å². The summed E-state index contributed by atoms with van der Waals surface area (Å²) in [6.07, 6.45) is 0.442. The molecule has 0 radical (unpaired) electrons. The van der Waals surface area contributed by atoms with Gasteiger partial charge in [0.15, 0.2) is 6.10 Å². The summed E-state index contributed by atoms with van der Waals surface area (Å²) in [5.41, 5.74) is 0.463. The smallest absolute Gasteiger partial charge is 0.338 e. The average Bonchev–Trinajstić information content (AvgIpc) is 3.29. The molecule has 31 heavy (non-hydrogen) atoms. The fourth-order valence-corrected chi connectivity index (χ4v) is 5.05. The van der Waals surface area contributed by atoms with Gasteiger partial charge in [-0.05, 0) is 56.2 Å². The van der Waals surface area contributed by atoms with Crippen molar-refractivity contribution in [2.75, 3.05) is 25.5 Å². The second kappa shape index (κ2) is 9.67. The Hall–Kier alpha value is -2.62. The Bertz CT molecular complexity index is 1080. The van der Waals surface area contributed by atoms with Crippen molar-refractivity contribution < 1.29 is 27.5 Å². The van der Waals surface area contributed by atoms with Gasteiger partial charge in [-0.2, -0.15) is 4.31 Å². The molecule has 1 amide bonds. The normalized spacial score (nSPS) is 15.3. The largest absolute Gasteiger partial charge is 0.495 e. The summed E-state index contributed by atoms with van der Waals surface area (Å²) in [4.78, 5) is 24.8. The van der Waals surface area contributed by atoms with E-state index in [0.29, 0.717) is 23.8 Å². The Morgan fingerprint density at radius 1 is 1.13 bits per heavy atom. The number of carbonyl (C=O) groups is 2. The molecule has 2 aromatic carbocycles.